The molecule has 4 heteroatoms. The quantitative estimate of drug-likeness (QED) is 0.867. The average Bonchev–Trinajstić information content (AvgIpc) is 2.97. The maximum atomic E-state index is 11.4. The molecule has 1 amide bonds. The number of aromatic amines is 1. The third kappa shape index (κ3) is 2.94. The van der Waals surface area contributed by atoms with Crippen molar-refractivity contribution in [3.8, 4) is 0 Å². The Morgan fingerprint density at radius 2 is 2.12 bits per heavy atom. The molecular formula is C22H31N3O. The summed E-state index contributed by atoms with van der Waals surface area (Å²) in [7, 11) is 2.25. The molecule has 1 aliphatic heterocycles. The fourth-order valence-corrected chi connectivity index (χ4v) is 4.99. The summed E-state index contributed by atoms with van der Waals surface area (Å²) in [5, 5.41) is 4.49. The normalized spacial score (nSPS) is 26.0. The SMILES string of the molecule is CC(=O)NC[C@@H]1C[C@@H]2c3cc(C(C)(C)C)cc4[nH]cc(c34)C[C@H]2N(C)C1. The van der Waals surface area contributed by atoms with Gasteiger partial charge >= 0.3 is 0 Å². The van der Waals surface area contributed by atoms with Crippen molar-refractivity contribution in [2.45, 2.75) is 57.9 Å². The second-order valence-corrected chi connectivity index (χ2v) is 9.41. The third-order valence-corrected chi connectivity index (χ3v) is 6.39. The van der Waals surface area contributed by atoms with E-state index in [0.29, 0.717) is 17.9 Å². The van der Waals surface area contributed by atoms with Gasteiger partial charge in [-0.15, -0.1) is 0 Å². The molecule has 4 nitrogen and oxygen atoms in total. The number of nitrogens with zero attached hydrogens (tertiary/aromatic N) is 1. The number of nitrogens with one attached hydrogen (secondary N) is 2. The Labute approximate surface area is 156 Å². The molecule has 0 radical (unpaired) electrons. The Balaban J connectivity index is 1.75. The van der Waals surface area contributed by atoms with Crippen LogP contribution in [0.15, 0.2) is 18.3 Å². The van der Waals surface area contributed by atoms with Gasteiger partial charge in [0.15, 0.2) is 0 Å². The van der Waals surface area contributed by atoms with E-state index in [4.69, 9.17) is 0 Å². The lowest BCUT2D eigenvalue weighted by Crippen LogP contribution is -2.50. The highest BCUT2D eigenvalue weighted by molar-refractivity contribution is 5.89. The minimum atomic E-state index is 0.0726. The van der Waals surface area contributed by atoms with Crippen LogP contribution in [0.2, 0.25) is 0 Å². The van der Waals surface area contributed by atoms with E-state index in [2.05, 4.69) is 61.3 Å². The van der Waals surface area contributed by atoms with Crippen LogP contribution >= 0.6 is 0 Å². The number of benzene rings is 1. The maximum Gasteiger partial charge on any atom is 0.216 e. The number of H-pyrrole nitrogens is 1. The average molecular weight is 354 g/mol. The number of carbonyl (C=O) groups excluding carboxylic acids is 1. The van der Waals surface area contributed by atoms with Crippen LogP contribution < -0.4 is 5.32 Å². The first kappa shape index (κ1) is 17.6. The highest BCUT2D eigenvalue weighted by Gasteiger charge is 2.39. The minimum Gasteiger partial charge on any atom is -0.361 e. The largest absolute Gasteiger partial charge is 0.361 e. The lowest BCUT2D eigenvalue weighted by atomic mass is 9.71. The summed E-state index contributed by atoms with van der Waals surface area (Å²) in [5.74, 6) is 1.13. The molecule has 2 N–H and O–H groups in total. The molecule has 0 unspecified atom stereocenters. The number of amides is 1. The van der Waals surface area contributed by atoms with Gasteiger partial charge in [0.05, 0.1) is 0 Å². The van der Waals surface area contributed by atoms with Crippen LogP contribution in [-0.2, 0) is 16.6 Å². The molecule has 1 aromatic carbocycles. The molecule has 2 aliphatic rings. The number of piperidine rings is 1. The molecular weight excluding hydrogens is 322 g/mol. The van der Waals surface area contributed by atoms with Gasteiger partial charge in [-0.25, -0.2) is 0 Å². The van der Waals surface area contributed by atoms with Gasteiger partial charge in [-0.3, -0.25) is 4.79 Å². The Morgan fingerprint density at radius 3 is 2.81 bits per heavy atom. The van der Waals surface area contributed by atoms with Crippen molar-refractivity contribution in [1.29, 1.82) is 0 Å². The predicted molar refractivity (Wildman–Crippen MR) is 107 cm³/mol. The first-order valence-electron chi connectivity index (χ1n) is 9.83. The molecule has 1 aliphatic carbocycles. The standard InChI is InChI=1S/C22H31N3O/c1-13(26)23-10-14-6-17-18-8-16(22(2,3)4)9-19-21(18)15(11-24-19)7-20(17)25(5)12-14/h8-9,11,14,17,20,24H,6-7,10,12H2,1-5H3,(H,23,26)/t14-,17+,20+/m0/s1. The molecule has 0 bridgehead atoms. The fourth-order valence-electron chi connectivity index (χ4n) is 4.99. The van der Waals surface area contributed by atoms with E-state index in [1.807, 2.05) is 0 Å². The van der Waals surface area contributed by atoms with E-state index in [0.717, 1.165) is 25.9 Å². The fraction of sp³-hybridized carbons (Fsp3) is 0.591. The lowest BCUT2D eigenvalue weighted by molar-refractivity contribution is -0.119. The van der Waals surface area contributed by atoms with Gasteiger partial charge in [0.1, 0.15) is 0 Å². The number of rotatable bonds is 2. The van der Waals surface area contributed by atoms with Crippen LogP contribution in [0, 0.1) is 5.92 Å². The molecule has 1 saturated heterocycles. The second kappa shape index (κ2) is 6.12. The zero-order valence-corrected chi connectivity index (χ0v) is 16.6. The molecule has 2 aromatic rings. The van der Waals surface area contributed by atoms with Gasteiger partial charge in [0.25, 0.3) is 0 Å². The zero-order chi connectivity index (χ0) is 18.6. The van der Waals surface area contributed by atoms with E-state index in [-0.39, 0.29) is 11.3 Å². The van der Waals surface area contributed by atoms with Gasteiger partial charge in [-0.2, -0.15) is 0 Å². The van der Waals surface area contributed by atoms with Crippen molar-refractivity contribution in [3.63, 3.8) is 0 Å². The van der Waals surface area contributed by atoms with E-state index in [9.17, 15) is 4.79 Å². The van der Waals surface area contributed by atoms with Gasteiger partial charge in [0.2, 0.25) is 5.91 Å². The maximum absolute atomic E-state index is 11.4. The van der Waals surface area contributed by atoms with Crippen molar-refractivity contribution in [2.75, 3.05) is 20.1 Å². The van der Waals surface area contributed by atoms with Crippen LogP contribution in [0.4, 0.5) is 0 Å². The number of carbonyl (C=O) groups is 1. The Hall–Kier alpha value is -1.81. The number of likely N-dealkylation sites (N-methyl/N-ethyl adjacent to an activating group) is 1. The van der Waals surface area contributed by atoms with Crippen molar-refractivity contribution >= 4 is 16.8 Å². The van der Waals surface area contributed by atoms with E-state index in [1.54, 1.807) is 6.92 Å². The monoisotopic (exact) mass is 353 g/mol. The molecule has 26 heavy (non-hydrogen) atoms. The van der Waals surface area contributed by atoms with Crippen molar-refractivity contribution in [2.24, 2.45) is 5.92 Å². The van der Waals surface area contributed by atoms with Crippen LogP contribution in [0.3, 0.4) is 0 Å². The second-order valence-electron chi connectivity index (χ2n) is 9.41. The number of aromatic nitrogens is 1. The molecule has 1 fully saturated rings. The van der Waals surface area contributed by atoms with Crippen LogP contribution in [0.5, 0.6) is 0 Å². The predicted octanol–water partition coefficient (Wildman–Crippen LogP) is 3.56. The Morgan fingerprint density at radius 1 is 1.35 bits per heavy atom. The first-order valence-corrected chi connectivity index (χ1v) is 9.83. The molecule has 2 heterocycles. The first-order chi connectivity index (χ1) is 12.2. The van der Waals surface area contributed by atoms with E-state index >= 15 is 0 Å². The van der Waals surface area contributed by atoms with Crippen LogP contribution in [-0.4, -0.2) is 42.0 Å². The highest BCUT2D eigenvalue weighted by Crippen LogP contribution is 2.45. The number of hydrogen-bond acceptors (Lipinski definition) is 2. The molecule has 1 aromatic heterocycles. The van der Waals surface area contributed by atoms with Gasteiger partial charge < -0.3 is 15.2 Å². The van der Waals surface area contributed by atoms with Gasteiger partial charge in [0, 0.05) is 49.1 Å². The van der Waals surface area contributed by atoms with Gasteiger partial charge in [-0.05, 0) is 54.0 Å². The van der Waals surface area contributed by atoms with E-state index < -0.39 is 0 Å². The lowest BCUT2D eigenvalue weighted by Gasteiger charge is -2.46. The van der Waals surface area contributed by atoms with E-state index in [1.165, 1.54) is 27.6 Å². The minimum absolute atomic E-state index is 0.0726. The zero-order valence-electron chi connectivity index (χ0n) is 16.6. The summed E-state index contributed by atoms with van der Waals surface area (Å²) in [6.45, 7) is 10.3. The summed E-state index contributed by atoms with van der Waals surface area (Å²) in [6, 6.07) is 5.36. The number of fused-ring (bicyclic) bond motifs is 2. The molecule has 140 valence electrons. The third-order valence-electron chi connectivity index (χ3n) is 6.39. The summed E-state index contributed by atoms with van der Waals surface area (Å²) < 4.78 is 0. The highest BCUT2D eigenvalue weighted by atomic mass is 16.1. The molecule has 0 saturated carbocycles. The summed E-state index contributed by atoms with van der Waals surface area (Å²) in [4.78, 5) is 17.4. The van der Waals surface area contributed by atoms with Crippen molar-refractivity contribution < 1.29 is 4.79 Å². The van der Waals surface area contributed by atoms with Gasteiger partial charge in [-0.1, -0.05) is 26.8 Å². The molecule has 3 atom stereocenters. The Bertz CT molecular complexity index is 845. The summed E-state index contributed by atoms with van der Waals surface area (Å²) in [6.07, 6.45) is 4.49. The van der Waals surface area contributed by atoms with Crippen LogP contribution in [0.1, 0.15) is 56.7 Å². The van der Waals surface area contributed by atoms with Crippen molar-refractivity contribution in [3.05, 3.63) is 35.0 Å². The summed E-state index contributed by atoms with van der Waals surface area (Å²) in [5.41, 5.74) is 5.80. The van der Waals surface area contributed by atoms with Crippen LogP contribution in [0.25, 0.3) is 10.9 Å². The Kier molecular flexibility index (Phi) is 4.14. The van der Waals surface area contributed by atoms with Crippen molar-refractivity contribution in [1.82, 2.24) is 15.2 Å². The summed E-state index contributed by atoms with van der Waals surface area (Å²) >= 11 is 0. The molecule has 4 rings (SSSR count). The number of likely N-dealkylation sites (tertiary alicyclic amines) is 1. The molecule has 0 spiro atoms. The smallest absolute Gasteiger partial charge is 0.216 e. The number of hydrogen-bond donors (Lipinski definition) is 2. The topological polar surface area (TPSA) is 48.1 Å².